The van der Waals surface area contributed by atoms with E-state index >= 15 is 0 Å². The zero-order chi connectivity index (χ0) is 9.84. The first-order chi connectivity index (χ1) is 6.09. The summed E-state index contributed by atoms with van der Waals surface area (Å²) in [5.74, 6) is 0.139. The SMILES string of the molecule is CC1CNC(CCN(C)C)C(=O)N1. The Morgan fingerprint density at radius 2 is 2.23 bits per heavy atom. The zero-order valence-electron chi connectivity index (χ0n) is 8.63. The fraction of sp³-hybridized carbons (Fsp3) is 0.889. The van der Waals surface area contributed by atoms with Crippen molar-refractivity contribution >= 4 is 5.91 Å². The predicted octanol–water partition coefficient (Wildman–Crippen LogP) is -0.585. The average molecular weight is 185 g/mol. The quantitative estimate of drug-likeness (QED) is 0.618. The fourth-order valence-electron chi connectivity index (χ4n) is 1.43. The summed E-state index contributed by atoms with van der Waals surface area (Å²) in [6.45, 7) is 3.83. The van der Waals surface area contributed by atoms with Crippen molar-refractivity contribution in [1.82, 2.24) is 15.5 Å². The van der Waals surface area contributed by atoms with Crippen molar-refractivity contribution in [3.05, 3.63) is 0 Å². The highest BCUT2D eigenvalue weighted by Crippen LogP contribution is 1.99. The summed E-state index contributed by atoms with van der Waals surface area (Å²) in [6, 6.07) is 0.265. The van der Waals surface area contributed by atoms with Crippen LogP contribution in [-0.4, -0.2) is 50.1 Å². The van der Waals surface area contributed by atoms with Crippen molar-refractivity contribution in [2.75, 3.05) is 27.2 Å². The zero-order valence-corrected chi connectivity index (χ0v) is 8.63. The maximum absolute atomic E-state index is 11.4. The van der Waals surface area contributed by atoms with Gasteiger partial charge in [0.25, 0.3) is 0 Å². The van der Waals surface area contributed by atoms with Gasteiger partial charge in [-0.2, -0.15) is 0 Å². The molecule has 1 aliphatic heterocycles. The molecule has 1 rings (SSSR count). The van der Waals surface area contributed by atoms with Crippen LogP contribution in [0.3, 0.4) is 0 Å². The topological polar surface area (TPSA) is 44.4 Å². The fourth-order valence-corrected chi connectivity index (χ4v) is 1.43. The molecule has 0 bridgehead atoms. The van der Waals surface area contributed by atoms with Crippen LogP contribution in [0.2, 0.25) is 0 Å². The van der Waals surface area contributed by atoms with E-state index in [1.165, 1.54) is 0 Å². The highest BCUT2D eigenvalue weighted by molar-refractivity contribution is 5.82. The molecule has 2 unspecified atom stereocenters. The molecule has 0 saturated carbocycles. The second-order valence-electron chi connectivity index (χ2n) is 3.96. The molecule has 4 nitrogen and oxygen atoms in total. The third-order valence-corrected chi connectivity index (χ3v) is 2.24. The van der Waals surface area contributed by atoms with Gasteiger partial charge in [0.1, 0.15) is 0 Å². The maximum atomic E-state index is 11.4. The summed E-state index contributed by atoms with van der Waals surface area (Å²) >= 11 is 0. The van der Waals surface area contributed by atoms with E-state index in [1.54, 1.807) is 0 Å². The predicted molar refractivity (Wildman–Crippen MR) is 52.6 cm³/mol. The summed E-state index contributed by atoms with van der Waals surface area (Å²) < 4.78 is 0. The van der Waals surface area contributed by atoms with E-state index in [0.29, 0.717) is 0 Å². The van der Waals surface area contributed by atoms with Crippen molar-refractivity contribution in [2.24, 2.45) is 0 Å². The Morgan fingerprint density at radius 1 is 1.54 bits per heavy atom. The molecule has 0 aliphatic carbocycles. The normalized spacial score (nSPS) is 29.1. The minimum Gasteiger partial charge on any atom is -0.351 e. The van der Waals surface area contributed by atoms with Crippen LogP contribution in [0.1, 0.15) is 13.3 Å². The van der Waals surface area contributed by atoms with Crippen molar-refractivity contribution in [3.8, 4) is 0 Å². The highest BCUT2D eigenvalue weighted by atomic mass is 16.2. The maximum Gasteiger partial charge on any atom is 0.237 e. The Labute approximate surface area is 79.7 Å². The van der Waals surface area contributed by atoms with Crippen LogP contribution in [0.25, 0.3) is 0 Å². The third kappa shape index (κ3) is 3.32. The summed E-state index contributed by atoms with van der Waals surface area (Å²) in [4.78, 5) is 13.5. The van der Waals surface area contributed by atoms with Crippen LogP contribution in [0.4, 0.5) is 0 Å². The largest absolute Gasteiger partial charge is 0.351 e. The molecule has 2 N–H and O–H groups in total. The number of carbonyl (C=O) groups is 1. The number of piperazine rings is 1. The van der Waals surface area contributed by atoms with E-state index in [4.69, 9.17) is 0 Å². The monoisotopic (exact) mass is 185 g/mol. The lowest BCUT2D eigenvalue weighted by Crippen LogP contribution is -2.57. The molecule has 0 spiro atoms. The van der Waals surface area contributed by atoms with Crippen LogP contribution in [0.15, 0.2) is 0 Å². The van der Waals surface area contributed by atoms with E-state index in [9.17, 15) is 4.79 Å². The van der Waals surface area contributed by atoms with Crippen LogP contribution < -0.4 is 10.6 Å². The molecule has 76 valence electrons. The number of hydrogen-bond donors (Lipinski definition) is 2. The van der Waals surface area contributed by atoms with Crippen LogP contribution in [-0.2, 0) is 4.79 Å². The van der Waals surface area contributed by atoms with Gasteiger partial charge in [-0.3, -0.25) is 4.79 Å². The molecule has 1 aliphatic rings. The lowest BCUT2D eigenvalue weighted by molar-refractivity contribution is -0.125. The number of hydrogen-bond acceptors (Lipinski definition) is 3. The molecule has 0 radical (unpaired) electrons. The van der Waals surface area contributed by atoms with E-state index in [0.717, 1.165) is 19.5 Å². The summed E-state index contributed by atoms with van der Waals surface area (Å²) in [5.41, 5.74) is 0. The molecule has 0 aromatic carbocycles. The highest BCUT2D eigenvalue weighted by Gasteiger charge is 2.24. The van der Waals surface area contributed by atoms with E-state index in [-0.39, 0.29) is 18.0 Å². The molecule has 1 amide bonds. The first kappa shape index (κ1) is 10.5. The lowest BCUT2D eigenvalue weighted by atomic mass is 10.1. The minimum absolute atomic E-state index is 0.00130. The smallest absolute Gasteiger partial charge is 0.237 e. The van der Waals surface area contributed by atoms with Gasteiger partial charge in [0, 0.05) is 12.6 Å². The van der Waals surface area contributed by atoms with Gasteiger partial charge in [-0.1, -0.05) is 0 Å². The molecule has 0 aromatic heterocycles. The van der Waals surface area contributed by atoms with E-state index in [1.807, 2.05) is 21.0 Å². The van der Waals surface area contributed by atoms with Crippen molar-refractivity contribution in [2.45, 2.75) is 25.4 Å². The Kier molecular flexibility index (Phi) is 3.69. The molecule has 2 atom stereocenters. The Balaban J connectivity index is 2.30. The van der Waals surface area contributed by atoms with E-state index in [2.05, 4.69) is 15.5 Å². The second kappa shape index (κ2) is 4.58. The van der Waals surface area contributed by atoms with Gasteiger partial charge in [-0.25, -0.2) is 0 Å². The standard InChI is InChI=1S/C9H19N3O/c1-7-6-10-8(9(13)11-7)4-5-12(2)3/h7-8,10H,4-6H2,1-3H3,(H,11,13). The van der Waals surface area contributed by atoms with Gasteiger partial charge in [0.05, 0.1) is 6.04 Å². The van der Waals surface area contributed by atoms with Crippen molar-refractivity contribution in [1.29, 1.82) is 0 Å². The van der Waals surface area contributed by atoms with Gasteiger partial charge >= 0.3 is 0 Å². The molecule has 1 saturated heterocycles. The van der Waals surface area contributed by atoms with Gasteiger partial charge in [-0.15, -0.1) is 0 Å². The summed E-state index contributed by atoms with van der Waals surface area (Å²) in [5, 5.41) is 6.17. The van der Waals surface area contributed by atoms with Crippen molar-refractivity contribution < 1.29 is 4.79 Å². The van der Waals surface area contributed by atoms with Crippen LogP contribution in [0.5, 0.6) is 0 Å². The molecule has 4 heteroatoms. The van der Waals surface area contributed by atoms with Gasteiger partial charge < -0.3 is 15.5 Å². The Bertz CT molecular complexity index is 182. The minimum atomic E-state index is -0.00130. The molecule has 1 heterocycles. The van der Waals surface area contributed by atoms with Gasteiger partial charge in [0.2, 0.25) is 5.91 Å². The van der Waals surface area contributed by atoms with Gasteiger partial charge in [0.15, 0.2) is 0 Å². The molecule has 0 aromatic rings. The first-order valence-electron chi connectivity index (χ1n) is 4.78. The Morgan fingerprint density at radius 3 is 2.77 bits per heavy atom. The Hall–Kier alpha value is -0.610. The number of amides is 1. The number of carbonyl (C=O) groups excluding carboxylic acids is 1. The third-order valence-electron chi connectivity index (χ3n) is 2.24. The van der Waals surface area contributed by atoms with E-state index < -0.39 is 0 Å². The second-order valence-corrected chi connectivity index (χ2v) is 3.96. The molecule has 13 heavy (non-hydrogen) atoms. The summed E-state index contributed by atoms with van der Waals surface area (Å²) in [6.07, 6.45) is 0.881. The van der Waals surface area contributed by atoms with Crippen LogP contribution >= 0.6 is 0 Å². The summed E-state index contributed by atoms with van der Waals surface area (Å²) in [7, 11) is 4.03. The number of rotatable bonds is 3. The van der Waals surface area contributed by atoms with Crippen molar-refractivity contribution in [3.63, 3.8) is 0 Å². The van der Waals surface area contributed by atoms with Gasteiger partial charge in [-0.05, 0) is 34.0 Å². The van der Waals surface area contributed by atoms with Crippen LogP contribution in [0, 0.1) is 0 Å². The average Bonchev–Trinajstić information content (AvgIpc) is 2.02. The number of nitrogens with one attached hydrogen (secondary N) is 2. The number of nitrogens with zero attached hydrogens (tertiary/aromatic N) is 1. The molecule has 1 fully saturated rings. The molecular formula is C9H19N3O. The lowest BCUT2D eigenvalue weighted by Gasteiger charge is -2.28. The molecular weight excluding hydrogens is 166 g/mol. The first-order valence-corrected chi connectivity index (χ1v) is 4.78.